The maximum absolute atomic E-state index is 2.75. The maximum atomic E-state index is 2.75. The van der Waals surface area contributed by atoms with Crippen molar-refractivity contribution in [2.45, 2.75) is 125 Å². The van der Waals surface area contributed by atoms with Gasteiger partial charge in [0.15, 0.2) is 0 Å². The second-order valence-corrected chi connectivity index (χ2v) is 13.3. The third-order valence-corrected chi connectivity index (χ3v) is 7.25. The standard InChI is InChI=1S/C27H50N2/c1-24(2,3)23-20-21(16-19-29(23)26(7,8)9)15-17-27(10,11)22-14-12-13-18-28(22)25(4,5)6/h12-13,15,22-23H,14,16-20H2,1-11H3/b21-15-. The molecule has 2 aliphatic heterocycles. The van der Waals surface area contributed by atoms with Crippen LogP contribution in [0.25, 0.3) is 0 Å². The Morgan fingerprint density at radius 1 is 0.828 bits per heavy atom. The largest absolute Gasteiger partial charge is 0.294 e. The second kappa shape index (κ2) is 8.50. The molecule has 0 aromatic carbocycles. The number of hydrogen-bond acceptors (Lipinski definition) is 2. The summed E-state index contributed by atoms with van der Waals surface area (Å²) >= 11 is 0. The lowest BCUT2D eigenvalue weighted by Gasteiger charge is -2.51. The highest BCUT2D eigenvalue weighted by Crippen LogP contribution is 2.41. The van der Waals surface area contributed by atoms with Crippen LogP contribution in [0.15, 0.2) is 23.8 Å². The van der Waals surface area contributed by atoms with Crippen LogP contribution < -0.4 is 0 Å². The van der Waals surface area contributed by atoms with E-state index in [-0.39, 0.29) is 16.5 Å². The SMILES string of the molecule is CC(C)(C)C1C/C(=C\CC(C)(C)C2CC=CCN2C(C)(C)C)CCN1C(C)(C)C. The fourth-order valence-electron chi connectivity index (χ4n) is 5.34. The Kier molecular flexibility index (Phi) is 7.23. The molecule has 0 N–H and O–H groups in total. The molecule has 2 unspecified atom stereocenters. The molecule has 0 aromatic heterocycles. The van der Waals surface area contributed by atoms with E-state index in [0.717, 1.165) is 6.54 Å². The number of allylic oxidation sites excluding steroid dienone is 1. The van der Waals surface area contributed by atoms with Crippen LogP contribution in [-0.2, 0) is 0 Å². The summed E-state index contributed by atoms with van der Waals surface area (Å²) in [5.74, 6) is 0. The van der Waals surface area contributed by atoms with Crippen molar-refractivity contribution in [3.8, 4) is 0 Å². The third kappa shape index (κ3) is 6.20. The van der Waals surface area contributed by atoms with Crippen molar-refractivity contribution in [1.29, 1.82) is 0 Å². The van der Waals surface area contributed by atoms with Gasteiger partial charge in [0.1, 0.15) is 0 Å². The molecule has 0 amide bonds. The highest BCUT2D eigenvalue weighted by Gasteiger charge is 2.40. The lowest BCUT2D eigenvalue weighted by molar-refractivity contribution is 0.00884. The Bertz CT molecular complexity index is 604. The minimum atomic E-state index is 0.217. The highest BCUT2D eigenvalue weighted by atomic mass is 15.2. The van der Waals surface area contributed by atoms with Crippen LogP contribution in [0.2, 0.25) is 0 Å². The van der Waals surface area contributed by atoms with Crippen molar-refractivity contribution >= 4 is 0 Å². The van der Waals surface area contributed by atoms with Gasteiger partial charge in [-0.25, -0.2) is 0 Å². The molecule has 168 valence electrons. The third-order valence-electron chi connectivity index (χ3n) is 7.25. The zero-order chi connectivity index (χ0) is 22.3. The van der Waals surface area contributed by atoms with E-state index in [2.05, 4.69) is 104 Å². The Hall–Kier alpha value is -0.600. The van der Waals surface area contributed by atoms with Gasteiger partial charge >= 0.3 is 0 Å². The molecule has 2 atom stereocenters. The minimum Gasteiger partial charge on any atom is -0.294 e. The summed E-state index contributed by atoms with van der Waals surface area (Å²) in [5.41, 5.74) is 2.73. The summed E-state index contributed by atoms with van der Waals surface area (Å²) in [6, 6.07) is 1.23. The molecule has 29 heavy (non-hydrogen) atoms. The number of rotatable bonds is 3. The molecule has 2 rings (SSSR count). The van der Waals surface area contributed by atoms with Crippen LogP contribution in [0.1, 0.15) is 102 Å². The van der Waals surface area contributed by atoms with Crippen molar-refractivity contribution in [2.75, 3.05) is 13.1 Å². The lowest BCUT2D eigenvalue weighted by atomic mass is 9.74. The lowest BCUT2D eigenvalue weighted by Crippen LogP contribution is -2.56. The first-order valence-electron chi connectivity index (χ1n) is 11.9. The molecule has 0 aromatic rings. The van der Waals surface area contributed by atoms with Crippen LogP contribution in [0, 0.1) is 10.8 Å². The van der Waals surface area contributed by atoms with Crippen LogP contribution in [0.4, 0.5) is 0 Å². The van der Waals surface area contributed by atoms with E-state index < -0.39 is 0 Å². The molecule has 1 saturated heterocycles. The molecule has 2 heteroatoms. The average molecular weight is 403 g/mol. The fourth-order valence-corrected chi connectivity index (χ4v) is 5.34. The maximum Gasteiger partial charge on any atom is 0.0192 e. The second-order valence-electron chi connectivity index (χ2n) is 13.3. The van der Waals surface area contributed by atoms with Crippen LogP contribution in [-0.4, -0.2) is 46.1 Å². The Morgan fingerprint density at radius 3 is 1.93 bits per heavy atom. The monoisotopic (exact) mass is 402 g/mol. The number of likely N-dealkylation sites (tertiary alicyclic amines) is 1. The minimum absolute atomic E-state index is 0.217. The van der Waals surface area contributed by atoms with E-state index in [1.54, 1.807) is 5.57 Å². The molecular formula is C27H50N2. The van der Waals surface area contributed by atoms with Crippen LogP contribution >= 0.6 is 0 Å². The Balaban J connectivity index is 2.17. The Labute approximate surface area is 182 Å². The first kappa shape index (κ1) is 24.7. The van der Waals surface area contributed by atoms with Gasteiger partial charge in [0.2, 0.25) is 0 Å². The van der Waals surface area contributed by atoms with Gasteiger partial charge < -0.3 is 0 Å². The van der Waals surface area contributed by atoms with Crippen molar-refractivity contribution in [3.05, 3.63) is 23.8 Å². The van der Waals surface area contributed by atoms with E-state index in [4.69, 9.17) is 0 Å². The van der Waals surface area contributed by atoms with Gasteiger partial charge in [-0.3, -0.25) is 9.80 Å². The van der Waals surface area contributed by atoms with E-state index >= 15 is 0 Å². The summed E-state index contributed by atoms with van der Waals surface area (Å²) in [6.45, 7) is 28.7. The normalized spacial score (nSPS) is 27.6. The molecule has 0 aliphatic carbocycles. The van der Waals surface area contributed by atoms with Gasteiger partial charge in [0.05, 0.1) is 0 Å². The quantitative estimate of drug-likeness (QED) is 0.466. The molecule has 0 radical (unpaired) electrons. The van der Waals surface area contributed by atoms with Gasteiger partial charge in [-0.15, -0.1) is 0 Å². The Morgan fingerprint density at radius 2 is 1.41 bits per heavy atom. The van der Waals surface area contributed by atoms with Crippen molar-refractivity contribution < 1.29 is 0 Å². The molecule has 1 fully saturated rings. The molecule has 0 saturated carbocycles. The highest BCUT2D eigenvalue weighted by molar-refractivity contribution is 5.14. The van der Waals surface area contributed by atoms with Crippen molar-refractivity contribution in [1.82, 2.24) is 9.80 Å². The first-order chi connectivity index (χ1) is 13.0. The van der Waals surface area contributed by atoms with Gasteiger partial charge in [0.25, 0.3) is 0 Å². The van der Waals surface area contributed by atoms with Gasteiger partial charge in [0, 0.05) is 36.3 Å². The van der Waals surface area contributed by atoms with Crippen LogP contribution in [0.5, 0.6) is 0 Å². The predicted molar refractivity (Wildman–Crippen MR) is 129 cm³/mol. The number of hydrogen-bond donors (Lipinski definition) is 0. The van der Waals surface area contributed by atoms with Crippen LogP contribution in [0.3, 0.4) is 0 Å². The first-order valence-corrected chi connectivity index (χ1v) is 11.9. The summed E-state index contributed by atoms with van der Waals surface area (Å²) in [7, 11) is 0. The van der Waals surface area contributed by atoms with E-state index in [9.17, 15) is 0 Å². The van der Waals surface area contributed by atoms with Crippen molar-refractivity contribution in [3.63, 3.8) is 0 Å². The smallest absolute Gasteiger partial charge is 0.0192 e. The van der Waals surface area contributed by atoms with Gasteiger partial charge in [-0.05, 0) is 78.1 Å². The van der Waals surface area contributed by atoms with E-state index in [1.807, 2.05) is 0 Å². The van der Waals surface area contributed by atoms with Gasteiger partial charge in [-0.1, -0.05) is 58.4 Å². The van der Waals surface area contributed by atoms with Crippen molar-refractivity contribution in [2.24, 2.45) is 10.8 Å². The topological polar surface area (TPSA) is 6.48 Å². The number of nitrogens with zero attached hydrogens (tertiary/aromatic N) is 2. The number of piperidine rings is 1. The molecule has 0 bridgehead atoms. The average Bonchev–Trinajstić information content (AvgIpc) is 2.57. The molecular weight excluding hydrogens is 352 g/mol. The summed E-state index contributed by atoms with van der Waals surface area (Å²) in [4.78, 5) is 5.47. The summed E-state index contributed by atoms with van der Waals surface area (Å²) in [5, 5.41) is 0. The zero-order valence-corrected chi connectivity index (χ0v) is 21.5. The van der Waals surface area contributed by atoms with E-state index in [1.165, 1.54) is 32.2 Å². The zero-order valence-electron chi connectivity index (χ0n) is 21.5. The fraction of sp³-hybridized carbons (Fsp3) is 0.852. The molecule has 2 nitrogen and oxygen atoms in total. The summed E-state index contributed by atoms with van der Waals surface area (Å²) < 4.78 is 0. The van der Waals surface area contributed by atoms with Gasteiger partial charge in [-0.2, -0.15) is 0 Å². The molecule has 2 aliphatic rings. The predicted octanol–water partition coefficient (Wildman–Crippen LogP) is 7.07. The summed E-state index contributed by atoms with van der Waals surface area (Å²) in [6.07, 6.45) is 12.2. The molecule has 0 spiro atoms. The molecule has 2 heterocycles. The van der Waals surface area contributed by atoms with E-state index in [0.29, 0.717) is 17.5 Å².